The SMILES string of the molecule is Cc1ccc(C(=O)OCC(O)=C(C#N)c2nc3ccccc3[nH]2)cc1[N+](=O)[O-]. The van der Waals surface area contributed by atoms with E-state index in [1.807, 2.05) is 6.07 Å². The van der Waals surface area contributed by atoms with Crippen LogP contribution in [0, 0.1) is 28.4 Å². The van der Waals surface area contributed by atoms with Crippen LogP contribution in [0.3, 0.4) is 0 Å². The van der Waals surface area contributed by atoms with Gasteiger partial charge in [-0.05, 0) is 25.1 Å². The zero-order valence-corrected chi connectivity index (χ0v) is 14.7. The van der Waals surface area contributed by atoms with Gasteiger partial charge in [0.15, 0.2) is 11.6 Å². The lowest BCUT2D eigenvalue weighted by molar-refractivity contribution is -0.385. The number of allylic oxidation sites excluding steroid dienone is 1. The number of aryl methyl sites for hydroxylation is 1. The molecule has 0 bridgehead atoms. The summed E-state index contributed by atoms with van der Waals surface area (Å²) in [5.41, 5.74) is 1.28. The fraction of sp³-hybridized carbons (Fsp3) is 0.105. The van der Waals surface area contributed by atoms with Crippen LogP contribution < -0.4 is 0 Å². The number of fused-ring (bicyclic) bond motifs is 1. The summed E-state index contributed by atoms with van der Waals surface area (Å²) in [6.45, 7) is 0.967. The van der Waals surface area contributed by atoms with Crippen molar-refractivity contribution in [1.29, 1.82) is 5.26 Å². The quantitative estimate of drug-likeness (QED) is 0.228. The van der Waals surface area contributed by atoms with Gasteiger partial charge in [0.1, 0.15) is 18.2 Å². The third-order valence-corrected chi connectivity index (χ3v) is 4.01. The highest BCUT2D eigenvalue weighted by molar-refractivity contribution is 5.90. The number of carbonyl (C=O) groups excluding carboxylic acids is 1. The number of ether oxygens (including phenoxy) is 1. The summed E-state index contributed by atoms with van der Waals surface area (Å²) in [6.07, 6.45) is 0. The standard InChI is InChI=1S/C19H14N4O5/c1-11-6-7-12(8-16(11)23(26)27)19(25)28-10-17(24)13(9-20)18-21-14-4-2-3-5-15(14)22-18/h2-8,24H,10H2,1H3,(H,21,22). The minimum Gasteiger partial charge on any atom is -0.507 e. The van der Waals surface area contributed by atoms with Gasteiger partial charge in [0.25, 0.3) is 5.69 Å². The maximum absolute atomic E-state index is 12.1. The maximum atomic E-state index is 12.1. The van der Waals surface area contributed by atoms with Gasteiger partial charge in [0.2, 0.25) is 0 Å². The van der Waals surface area contributed by atoms with Gasteiger partial charge >= 0.3 is 5.97 Å². The normalized spacial score (nSPS) is 11.6. The number of esters is 1. The van der Waals surface area contributed by atoms with E-state index in [1.54, 1.807) is 31.2 Å². The van der Waals surface area contributed by atoms with Crippen LogP contribution >= 0.6 is 0 Å². The van der Waals surface area contributed by atoms with E-state index in [-0.39, 0.29) is 22.6 Å². The second-order valence-corrected chi connectivity index (χ2v) is 5.87. The van der Waals surface area contributed by atoms with Crippen molar-refractivity contribution in [2.75, 3.05) is 6.61 Å². The molecule has 1 heterocycles. The highest BCUT2D eigenvalue weighted by Gasteiger charge is 2.18. The topological polar surface area (TPSA) is 142 Å². The Morgan fingerprint density at radius 2 is 2.11 bits per heavy atom. The van der Waals surface area contributed by atoms with Crippen LogP contribution in [0.4, 0.5) is 5.69 Å². The predicted octanol–water partition coefficient (Wildman–Crippen LogP) is 3.43. The molecule has 28 heavy (non-hydrogen) atoms. The van der Waals surface area contributed by atoms with Gasteiger partial charge in [-0.1, -0.05) is 18.2 Å². The first kappa shape index (κ1) is 18.6. The Hall–Kier alpha value is -4.19. The first-order chi connectivity index (χ1) is 13.4. The first-order valence-corrected chi connectivity index (χ1v) is 8.10. The van der Waals surface area contributed by atoms with Crippen molar-refractivity contribution in [2.45, 2.75) is 6.92 Å². The number of benzene rings is 2. The number of para-hydroxylation sites is 2. The van der Waals surface area contributed by atoms with Crippen LogP contribution in [-0.2, 0) is 4.74 Å². The van der Waals surface area contributed by atoms with Crippen molar-refractivity contribution in [2.24, 2.45) is 0 Å². The molecule has 0 aliphatic carbocycles. The molecule has 1 aromatic heterocycles. The maximum Gasteiger partial charge on any atom is 0.338 e. The number of nitro groups is 1. The Kier molecular flexibility index (Phi) is 5.04. The number of nitriles is 1. The molecule has 9 heteroatoms. The zero-order valence-electron chi connectivity index (χ0n) is 14.7. The molecule has 0 spiro atoms. The molecular weight excluding hydrogens is 364 g/mol. The lowest BCUT2D eigenvalue weighted by Crippen LogP contribution is -2.10. The average molecular weight is 378 g/mol. The number of nitro benzene ring substituents is 1. The van der Waals surface area contributed by atoms with Crippen LogP contribution in [0.15, 0.2) is 48.2 Å². The molecule has 0 radical (unpaired) electrons. The number of imidazole rings is 1. The number of aromatic amines is 1. The van der Waals surface area contributed by atoms with E-state index in [1.165, 1.54) is 12.1 Å². The molecule has 2 N–H and O–H groups in total. The molecule has 0 saturated heterocycles. The van der Waals surface area contributed by atoms with Crippen molar-refractivity contribution < 1.29 is 19.6 Å². The Bertz CT molecular complexity index is 1120. The number of hydrogen-bond acceptors (Lipinski definition) is 7. The Labute approximate surface area is 158 Å². The van der Waals surface area contributed by atoms with Crippen molar-refractivity contribution >= 4 is 28.3 Å². The second kappa shape index (κ2) is 7.59. The number of H-pyrrole nitrogens is 1. The number of aromatic nitrogens is 2. The van der Waals surface area contributed by atoms with Gasteiger partial charge in [-0.25, -0.2) is 9.78 Å². The largest absolute Gasteiger partial charge is 0.507 e. The van der Waals surface area contributed by atoms with E-state index in [4.69, 9.17) is 4.74 Å². The van der Waals surface area contributed by atoms with E-state index in [9.17, 15) is 25.3 Å². The second-order valence-electron chi connectivity index (χ2n) is 5.87. The number of nitrogens with one attached hydrogen (secondary N) is 1. The van der Waals surface area contributed by atoms with Crippen LogP contribution in [0.2, 0.25) is 0 Å². The molecular formula is C19H14N4O5. The number of aliphatic hydroxyl groups is 1. The zero-order chi connectivity index (χ0) is 20.3. The van der Waals surface area contributed by atoms with E-state index in [0.29, 0.717) is 16.6 Å². The van der Waals surface area contributed by atoms with E-state index in [2.05, 4.69) is 9.97 Å². The first-order valence-electron chi connectivity index (χ1n) is 8.10. The highest BCUT2D eigenvalue weighted by atomic mass is 16.6. The number of carbonyl (C=O) groups is 1. The van der Waals surface area contributed by atoms with Gasteiger partial charge in [0.05, 0.1) is 21.5 Å². The molecule has 0 atom stereocenters. The molecule has 3 rings (SSSR count). The summed E-state index contributed by atoms with van der Waals surface area (Å²) in [7, 11) is 0. The summed E-state index contributed by atoms with van der Waals surface area (Å²) in [4.78, 5) is 29.6. The van der Waals surface area contributed by atoms with Crippen molar-refractivity contribution in [1.82, 2.24) is 9.97 Å². The van der Waals surface area contributed by atoms with E-state index in [0.717, 1.165) is 6.07 Å². The van der Waals surface area contributed by atoms with Gasteiger partial charge in [-0.3, -0.25) is 10.1 Å². The molecule has 0 unspecified atom stereocenters. The lowest BCUT2D eigenvalue weighted by atomic mass is 10.1. The summed E-state index contributed by atoms with van der Waals surface area (Å²) in [5.74, 6) is -1.21. The van der Waals surface area contributed by atoms with Crippen molar-refractivity contribution in [3.8, 4) is 6.07 Å². The summed E-state index contributed by atoms with van der Waals surface area (Å²) < 4.78 is 4.98. The van der Waals surface area contributed by atoms with Crippen molar-refractivity contribution in [3.05, 3.63) is 75.3 Å². The Morgan fingerprint density at radius 1 is 1.36 bits per heavy atom. The van der Waals surface area contributed by atoms with Gasteiger partial charge < -0.3 is 14.8 Å². The third kappa shape index (κ3) is 3.66. The number of aliphatic hydroxyl groups excluding tert-OH is 1. The van der Waals surface area contributed by atoms with Crippen LogP contribution in [0.5, 0.6) is 0 Å². The van der Waals surface area contributed by atoms with Gasteiger partial charge in [-0.2, -0.15) is 5.26 Å². The van der Waals surface area contributed by atoms with Gasteiger partial charge in [-0.15, -0.1) is 0 Å². The van der Waals surface area contributed by atoms with E-state index >= 15 is 0 Å². The van der Waals surface area contributed by atoms with Crippen LogP contribution in [-0.4, -0.2) is 32.6 Å². The number of nitrogens with zero attached hydrogens (tertiary/aromatic N) is 3. The van der Waals surface area contributed by atoms with Gasteiger partial charge in [0, 0.05) is 11.6 Å². The third-order valence-electron chi connectivity index (χ3n) is 4.01. The smallest absolute Gasteiger partial charge is 0.338 e. The predicted molar refractivity (Wildman–Crippen MR) is 99.4 cm³/mol. The van der Waals surface area contributed by atoms with Crippen LogP contribution in [0.25, 0.3) is 16.6 Å². The molecule has 2 aromatic carbocycles. The fourth-order valence-electron chi connectivity index (χ4n) is 2.55. The summed E-state index contributed by atoms with van der Waals surface area (Å²) in [5, 5.41) is 30.5. The molecule has 140 valence electrons. The molecule has 0 aliphatic heterocycles. The monoisotopic (exact) mass is 378 g/mol. The average Bonchev–Trinajstić information content (AvgIpc) is 3.10. The number of rotatable bonds is 5. The molecule has 3 aromatic rings. The molecule has 0 amide bonds. The lowest BCUT2D eigenvalue weighted by Gasteiger charge is -2.06. The highest BCUT2D eigenvalue weighted by Crippen LogP contribution is 2.21. The molecule has 0 saturated carbocycles. The Morgan fingerprint density at radius 3 is 2.79 bits per heavy atom. The van der Waals surface area contributed by atoms with E-state index < -0.39 is 23.3 Å². The minimum atomic E-state index is -0.864. The Balaban J connectivity index is 1.80. The van der Waals surface area contributed by atoms with Crippen molar-refractivity contribution in [3.63, 3.8) is 0 Å². The van der Waals surface area contributed by atoms with Crippen LogP contribution in [0.1, 0.15) is 21.7 Å². The fourth-order valence-corrected chi connectivity index (χ4v) is 2.55. The molecule has 9 nitrogen and oxygen atoms in total. The summed E-state index contributed by atoms with van der Waals surface area (Å²) in [6, 6.07) is 12.8. The molecule has 0 aliphatic rings. The minimum absolute atomic E-state index is 0.0349. The summed E-state index contributed by atoms with van der Waals surface area (Å²) >= 11 is 0. The number of hydrogen-bond donors (Lipinski definition) is 2. The molecule has 0 fully saturated rings.